The number of fused-ring (bicyclic) bond motifs is 2. The Morgan fingerprint density at radius 3 is 2.46 bits per heavy atom. The fourth-order valence-corrected chi connectivity index (χ4v) is 3.80. The minimum absolute atomic E-state index is 0.00114. The van der Waals surface area contributed by atoms with Crippen LogP contribution in [0.1, 0.15) is 17.0 Å². The van der Waals surface area contributed by atoms with E-state index in [1.807, 2.05) is 0 Å². The van der Waals surface area contributed by atoms with Crippen molar-refractivity contribution < 1.29 is 18.9 Å². The van der Waals surface area contributed by atoms with E-state index in [4.69, 9.17) is 54.3 Å². The van der Waals surface area contributed by atoms with Crippen LogP contribution in [0.5, 0.6) is 23.0 Å². The van der Waals surface area contributed by atoms with Crippen LogP contribution in [0.25, 0.3) is 0 Å². The molecule has 0 amide bonds. The Kier molecular flexibility index (Phi) is 4.60. The van der Waals surface area contributed by atoms with Crippen molar-refractivity contribution >= 4 is 23.2 Å². The zero-order chi connectivity index (χ0) is 19.8. The quantitative estimate of drug-likeness (QED) is 0.764. The number of terminal acetylenes is 1. The van der Waals surface area contributed by atoms with Gasteiger partial charge in [0.05, 0.1) is 16.0 Å². The molecule has 0 unspecified atom stereocenters. The molecule has 0 fully saturated rings. The molecule has 2 N–H and O–H groups in total. The van der Waals surface area contributed by atoms with E-state index in [9.17, 15) is 5.26 Å². The SMILES string of the molecule is C#CCOc1c(Cl)cc([C@H]2C(C#N)=C(N)Oc3cc4c(cc32)OCO4)cc1Cl. The average Bonchev–Trinajstić information content (AvgIpc) is 3.11. The Morgan fingerprint density at radius 1 is 1.14 bits per heavy atom. The van der Waals surface area contributed by atoms with Crippen LogP contribution in [-0.4, -0.2) is 13.4 Å². The van der Waals surface area contributed by atoms with Crippen LogP contribution in [0.3, 0.4) is 0 Å². The van der Waals surface area contributed by atoms with E-state index in [0.717, 1.165) is 0 Å². The summed E-state index contributed by atoms with van der Waals surface area (Å²) >= 11 is 12.7. The Balaban J connectivity index is 1.87. The highest BCUT2D eigenvalue weighted by Crippen LogP contribution is 2.49. The van der Waals surface area contributed by atoms with Crippen LogP contribution in [0.15, 0.2) is 35.7 Å². The molecule has 0 radical (unpaired) electrons. The van der Waals surface area contributed by atoms with Crippen molar-refractivity contribution in [1.29, 1.82) is 5.26 Å². The number of ether oxygens (including phenoxy) is 4. The Bertz CT molecular complexity index is 1080. The minimum Gasteiger partial charge on any atom is -0.478 e. The smallest absolute Gasteiger partial charge is 0.231 e. The molecule has 28 heavy (non-hydrogen) atoms. The molecule has 0 saturated carbocycles. The van der Waals surface area contributed by atoms with E-state index >= 15 is 0 Å². The third kappa shape index (κ3) is 2.93. The summed E-state index contributed by atoms with van der Waals surface area (Å²) < 4.78 is 21.9. The standard InChI is InChI=1S/C20H12Cl2N2O4/c1-2-3-25-19-13(21)4-10(5-14(19)22)18-11-6-16-17(27-9-26-16)7-15(11)28-20(24)12(18)8-23/h1,4-7,18H,3,9,24H2/t18-/m1/s1. The predicted octanol–water partition coefficient (Wildman–Crippen LogP) is 3.95. The van der Waals surface area contributed by atoms with Gasteiger partial charge in [-0.15, -0.1) is 6.42 Å². The molecular weight excluding hydrogens is 403 g/mol. The molecule has 0 bridgehead atoms. The van der Waals surface area contributed by atoms with Crippen molar-refractivity contribution in [2.75, 3.05) is 13.4 Å². The zero-order valence-electron chi connectivity index (χ0n) is 14.3. The number of benzene rings is 2. The maximum absolute atomic E-state index is 9.68. The molecule has 8 heteroatoms. The molecule has 2 aromatic carbocycles. The van der Waals surface area contributed by atoms with Crippen LogP contribution in [0.2, 0.25) is 10.0 Å². The van der Waals surface area contributed by atoms with Gasteiger partial charge in [-0.3, -0.25) is 0 Å². The van der Waals surface area contributed by atoms with Gasteiger partial charge < -0.3 is 24.7 Å². The van der Waals surface area contributed by atoms with Gasteiger partial charge in [0.25, 0.3) is 0 Å². The van der Waals surface area contributed by atoms with Gasteiger partial charge in [0.15, 0.2) is 17.2 Å². The molecule has 4 rings (SSSR count). The van der Waals surface area contributed by atoms with Gasteiger partial charge in [0.2, 0.25) is 12.7 Å². The molecule has 2 aliphatic rings. The second-order valence-corrected chi connectivity index (χ2v) is 6.79. The first-order valence-corrected chi connectivity index (χ1v) is 8.85. The first-order valence-electron chi connectivity index (χ1n) is 8.09. The van der Waals surface area contributed by atoms with E-state index in [1.54, 1.807) is 24.3 Å². The summed E-state index contributed by atoms with van der Waals surface area (Å²) in [6.07, 6.45) is 5.22. The van der Waals surface area contributed by atoms with Crippen LogP contribution in [0, 0.1) is 23.7 Å². The zero-order valence-corrected chi connectivity index (χ0v) is 15.8. The van der Waals surface area contributed by atoms with Crippen molar-refractivity contribution in [1.82, 2.24) is 0 Å². The second kappa shape index (κ2) is 7.09. The third-order valence-corrected chi connectivity index (χ3v) is 4.93. The maximum atomic E-state index is 9.68. The fraction of sp³-hybridized carbons (Fsp3) is 0.150. The Labute approximate surface area is 170 Å². The molecule has 0 aliphatic carbocycles. The van der Waals surface area contributed by atoms with Crippen molar-refractivity contribution in [2.24, 2.45) is 5.73 Å². The van der Waals surface area contributed by atoms with E-state index in [0.29, 0.717) is 28.4 Å². The van der Waals surface area contributed by atoms with Crippen LogP contribution < -0.4 is 24.7 Å². The summed E-state index contributed by atoms with van der Waals surface area (Å²) in [6.45, 7) is 0.133. The molecule has 0 aromatic heterocycles. The molecular formula is C20H12Cl2N2O4. The highest BCUT2D eigenvalue weighted by atomic mass is 35.5. The van der Waals surface area contributed by atoms with Gasteiger partial charge in [-0.25, -0.2) is 0 Å². The number of halogens is 2. The summed E-state index contributed by atoms with van der Waals surface area (Å²) in [4.78, 5) is 0. The molecule has 2 heterocycles. The van der Waals surface area contributed by atoms with Crippen molar-refractivity contribution in [2.45, 2.75) is 5.92 Å². The maximum Gasteiger partial charge on any atom is 0.231 e. The topological polar surface area (TPSA) is 86.7 Å². The van der Waals surface area contributed by atoms with E-state index < -0.39 is 5.92 Å². The van der Waals surface area contributed by atoms with Crippen LogP contribution >= 0.6 is 23.2 Å². The van der Waals surface area contributed by atoms with Gasteiger partial charge in [0, 0.05) is 11.6 Å². The second-order valence-electron chi connectivity index (χ2n) is 5.97. The lowest BCUT2D eigenvalue weighted by Gasteiger charge is -2.27. The van der Waals surface area contributed by atoms with Crippen molar-refractivity contribution in [3.8, 4) is 41.4 Å². The average molecular weight is 415 g/mol. The molecule has 1 atom stereocenters. The molecule has 0 spiro atoms. The molecule has 0 saturated heterocycles. The highest BCUT2D eigenvalue weighted by molar-refractivity contribution is 6.37. The van der Waals surface area contributed by atoms with Gasteiger partial charge in [-0.05, 0) is 23.8 Å². The molecule has 2 aliphatic heterocycles. The first-order chi connectivity index (χ1) is 13.5. The minimum atomic E-state index is -0.556. The van der Waals surface area contributed by atoms with Crippen molar-refractivity contribution in [3.63, 3.8) is 0 Å². The van der Waals surface area contributed by atoms with Gasteiger partial charge >= 0.3 is 0 Å². The Hall–Kier alpha value is -3.19. The number of nitrogens with zero attached hydrogens (tertiary/aromatic N) is 1. The Morgan fingerprint density at radius 2 is 1.82 bits per heavy atom. The summed E-state index contributed by atoms with van der Waals surface area (Å²) in [5.74, 6) is 3.64. The number of hydrogen-bond acceptors (Lipinski definition) is 6. The fourth-order valence-electron chi connectivity index (χ4n) is 3.19. The normalized spacial score (nSPS) is 16.6. The number of nitriles is 1. The summed E-state index contributed by atoms with van der Waals surface area (Å²) in [5, 5.41) is 10.2. The number of rotatable bonds is 3. The van der Waals surface area contributed by atoms with E-state index in [1.165, 1.54) is 0 Å². The summed E-state index contributed by atoms with van der Waals surface area (Å²) in [5.41, 5.74) is 7.56. The lowest BCUT2D eigenvalue weighted by Crippen LogP contribution is -2.21. The third-order valence-electron chi connectivity index (χ3n) is 4.36. The number of nitrogens with two attached hydrogens (primary N) is 1. The molecule has 2 aromatic rings. The van der Waals surface area contributed by atoms with Gasteiger partial charge in [0.1, 0.15) is 24.0 Å². The van der Waals surface area contributed by atoms with E-state index in [2.05, 4.69) is 12.0 Å². The summed E-state index contributed by atoms with van der Waals surface area (Å²) in [7, 11) is 0. The highest BCUT2D eigenvalue weighted by Gasteiger charge is 2.34. The lowest BCUT2D eigenvalue weighted by molar-refractivity contribution is 0.174. The van der Waals surface area contributed by atoms with E-state index in [-0.39, 0.29) is 40.7 Å². The van der Waals surface area contributed by atoms with Gasteiger partial charge in [-0.1, -0.05) is 29.1 Å². The largest absolute Gasteiger partial charge is 0.478 e. The monoisotopic (exact) mass is 414 g/mol. The van der Waals surface area contributed by atoms with Crippen molar-refractivity contribution in [3.05, 3.63) is 56.9 Å². The lowest BCUT2D eigenvalue weighted by atomic mass is 9.83. The predicted molar refractivity (Wildman–Crippen MR) is 103 cm³/mol. The van der Waals surface area contributed by atoms with Gasteiger partial charge in [-0.2, -0.15) is 5.26 Å². The first kappa shape index (κ1) is 18.2. The molecule has 6 nitrogen and oxygen atoms in total. The summed E-state index contributed by atoms with van der Waals surface area (Å²) in [6, 6.07) is 8.87. The number of allylic oxidation sites excluding steroid dienone is 1. The van der Waals surface area contributed by atoms with Crippen LogP contribution in [-0.2, 0) is 0 Å². The number of hydrogen-bond donors (Lipinski definition) is 1. The van der Waals surface area contributed by atoms with Crippen LogP contribution in [0.4, 0.5) is 0 Å². The molecule has 140 valence electrons.